The van der Waals surface area contributed by atoms with Crippen molar-refractivity contribution in [2.45, 2.75) is 12.8 Å². The largest absolute Gasteiger partial charge is 0.374 e. The molecule has 0 unspecified atom stereocenters. The zero-order valence-corrected chi connectivity index (χ0v) is 9.77. The molecule has 0 bridgehead atoms. The van der Waals surface area contributed by atoms with Crippen LogP contribution in [0.1, 0.15) is 17.5 Å². The highest BCUT2D eigenvalue weighted by molar-refractivity contribution is 5.66. The highest BCUT2D eigenvalue weighted by atomic mass is 15.1. The first-order chi connectivity index (χ1) is 8.24. The van der Waals surface area contributed by atoms with Crippen LogP contribution in [0.15, 0.2) is 23.8 Å². The van der Waals surface area contributed by atoms with Crippen molar-refractivity contribution in [3.05, 3.63) is 34.9 Å². The van der Waals surface area contributed by atoms with Gasteiger partial charge in [0.1, 0.15) is 17.7 Å². The molecule has 84 valence electrons. The number of nitrogens with zero attached hydrogens (tertiary/aromatic N) is 3. The molecule has 2 rings (SSSR count). The van der Waals surface area contributed by atoms with E-state index in [-0.39, 0.29) is 5.57 Å². The van der Waals surface area contributed by atoms with Crippen molar-refractivity contribution in [3.8, 4) is 12.1 Å². The minimum Gasteiger partial charge on any atom is -0.374 e. The Bertz CT molecular complexity index is 528. The number of anilines is 1. The molecule has 0 atom stereocenters. The lowest BCUT2D eigenvalue weighted by molar-refractivity contribution is 0.744. The van der Waals surface area contributed by atoms with Crippen molar-refractivity contribution in [1.82, 2.24) is 0 Å². The number of allylic oxidation sites excluding steroid dienone is 1. The highest BCUT2D eigenvalue weighted by Crippen LogP contribution is 2.27. The summed E-state index contributed by atoms with van der Waals surface area (Å²) in [6.07, 6.45) is 3.85. The van der Waals surface area contributed by atoms with E-state index in [2.05, 4.69) is 24.1 Å². The second kappa shape index (κ2) is 4.72. The molecule has 3 heteroatoms. The van der Waals surface area contributed by atoms with Gasteiger partial charge in [0.25, 0.3) is 0 Å². The summed E-state index contributed by atoms with van der Waals surface area (Å²) in [6, 6.07) is 9.84. The Morgan fingerprint density at radius 1 is 1.35 bits per heavy atom. The van der Waals surface area contributed by atoms with Gasteiger partial charge in [-0.1, -0.05) is 6.07 Å². The number of benzene rings is 1. The summed E-state index contributed by atoms with van der Waals surface area (Å²) in [5.74, 6) is 0. The summed E-state index contributed by atoms with van der Waals surface area (Å²) < 4.78 is 0. The molecule has 0 spiro atoms. The Kier molecular flexibility index (Phi) is 3.12. The fourth-order valence-electron chi connectivity index (χ4n) is 2.15. The SMILES string of the molecule is CN1CCCc2cc(C=C(C#N)C#N)ccc21. The number of hydrogen-bond acceptors (Lipinski definition) is 3. The molecular formula is C14H13N3. The van der Waals surface area contributed by atoms with Crippen LogP contribution >= 0.6 is 0 Å². The molecule has 0 N–H and O–H groups in total. The van der Waals surface area contributed by atoms with Gasteiger partial charge in [-0.25, -0.2) is 0 Å². The lowest BCUT2D eigenvalue weighted by atomic mass is 9.99. The first-order valence-electron chi connectivity index (χ1n) is 5.60. The Balaban J connectivity index is 2.38. The summed E-state index contributed by atoms with van der Waals surface area (Å²) >= 11 is 0. The summed E-state index contributed by atoms with van der Waals surface area (Å²) in [6.45, 7) is 1.09. The molecule has 0 saturated heterocycles. The minimum atomic E-state index is 0.147. The van der Waals surface area contributed by atoms with Crippen LogP contribution in [-0.4, -0.2) is 13.6 Å². The van der Waals surface area contributed by atoms with E-state index in [1.54, 1.807) is 6.08 Å². The predicted molar refractivity (Wildman–Crippen MR) is 67.2 cm³/mol. The zero-order chi connectivity index (χ0) is 12.3. The summed E-state index contributed by atoms with van der Waals surface area (Å²) in [5.41, 5.74) is 3.62. The minimum absolute atomic E-state index is 0.147. The Hall–Kier alpha value is -2.26. The van der Waals surface area contributed by atoms with Crippen LogP contribution in [0, 0.1) is 22.7 Å². The maximum atomic E-state index is 8.72. The van der Waals surface area contributed by atoms with Crippen LogP contribution in [0.2, 0.25) is 0 Å². The molecule has 0 radical (unpaired) electrons. The maximum absolute atomic E-state index is 8.72. The van der Waals surface area contributed by atoms with Gasteiger partial charge in [-0.2, -0.15) is 10.5 Å². The molecule has 0 aromatic heterocycles. The van der Waals surface area contributed by atoms with Crippen LogP contribution in [0.25, 0.3) is 6.08 Å². The number of hydrogen-bond donors (Lipinski definition) is 0. The molecule has 17 heavy (non-hydrogen) atoms. The van der Waals surface area contributed by atoms with E-state index < -0.39 is 0 Å². The summed E-state index contributed by atoms with van der Waals surface area (Å²) in [5, 5.41) is 17.4. The number of fused-ring (bicyclic) bond motifs is 1. The average Bonchev–Trinajstić information content (AvgIpc) is 2.36. The molecule has 1 aliphatic heterocycles. The third kappa shape index (κ3) is 2.29. The van der Waals surface area contributed by atoms with E-state index >= 15 is 0 Å². The second-order valence-electron chi connectivity index (χ2n) is 4.19. The van der Waals surface area contributed by atoms with Crippen molar-refractivity contribution in [3.63, 3.8) is 0 Å². The van der Waals surface area contributed by atoms with Gasteiger partial charge in [0, 0.05) is 19.3 Å². The zero-order valence-electron chi connectivity index (χ0n) is 9.77. The van der Waals surface area contributed by atoms with Crippen molar-refractivity contribution < 1.29 is 0 Å². The lowest BCUT2D eigenvalue weighted by Gasteiger charge is -2.27. The van der Waals surface area contributed by atoms with Gasteiger partial charge >= 0.3 is 0 Å². The molecule has 0 amide bonds. The van der Waals surface area contributed by atoms with Crippen LogP contribution in [0.5, 0.6) is 0 Å². The Labute approximate surface area is 101 Å². The molecule has 1 heterocycles. The third-order valence-electron chi connectivity index (χ3n) is 3.01. The van der Waals surface area contributed by atoms with Gasteiger partial charge in [0.2, 0.25) is 0 Å². The van der Waals surface area contributed by atoms with E-state index in [4.69, 9.17) is 10.5 Å². The highest BCUT2D eigenvalue weighted by Gasteiger charge is 2.13. The van der Waals surface area contributed by atoms with Gasteiger partial charge in [-0.15, -0.1) is 0 Å². The quantitative estimate of drug-likeness (QED) is 0.687. The maximum Gasteiger partial charge on any atom is 0.130 e. The van der Waals surface area contributed by atoms with Crippen LogP contribution in [-0.2, 0) is 6.42 Å². The predicted octanol–water partition coefficient (Wildman–Crippen LogP) is 2.50. The smallest absolute Gasteiger partial charge is 0.130 e. The molecule has 0 fully saturated rings. The summed E-state index contributed by atoms with van der Waals surface area (Å²) in [7, 11) is 2.09. The normalized spacial score (nSPS) is 13.2. The lowest BCUT2D eigenvalue weighted by Crippen LogP contribution is -2.24. The summed E-state index contributed by atoms with van der Waals surface area (Å²) in [4.78, 5) is 2.24. The number of rotatable bonds is 1. The fourth-order valence-corrected chi connectivity index (χ4v) is 2.15. The van der Waals surface area contributed by atoms with Gasteiger partial charge in [0.05, 0.1) is 0 Å². The van der Waals surface area contributed by atoms with Gasteiger partial charge in [-0.3, -0.25) is 0 Å². The van der Waals surface area contributed by atoms with E-state index in [1.807, 2.05) is 18.2 Å². The monoisotopic (exact) mass is 223 g/mol. The van der Waals surface area contributed by atoms with Crippen molar-refractivity contribution in [1.29, 1.82) is 10.5 Å². The van der Waals surface area contributed by atoms with Crippen molar-refractivity contribution in [2.24, 2.45) is 0 Å². The van der Waals surface area contributed by atoms with Crippen LogP contribution < -0.4 is 4.90 Å². The standard InChI is InChI=1S/C14H13N3/c1-17-6-2-3-13-8-11(4-5-14(13)17)7-12(9-15)10-16/h4-5,7-8H,2-3,6H2,1H3. The molecule has 1 aromatic carbocycles. The van der Waals surface area contributed by atoms with Crippen LogP contribution in [0.4, 0.5) is 5.69 Å². The molecule has 0 aliphatic carbocycles. The molecule has 1 aromatic rings. The average molecular weight is 223 g/mol. The number of nitriles is 2. The van der Waals surface area contributed by atoms with E-state index in [9.17, 15) is 0 Å². The van der Waals surface area contributed by atoms with Gasteiger partial charge in [-0.05, 0) is 42.2 Å². The van der Waals surface area contributed by atoms with Crippen LogP contribution in [0.3, 0.4) is 0 Å². The topological polar surface area (TPSA) is 50.8 Å². The molecule has 1 aliphatic rings. The van der Waals surface area contributed by atoms with E-state index in [0.717, 1.165) is 24.9 Å². The van der Waals surface area contributed by atoms with Crippen molar-refractivity contribution in [2.75, 3.05) is 18.5 Å². The third-order valence-corrected chi connectivity index (χ3v) is 3.01. The fraction of sp³-hybridized carbons (Fsp3) is 0.286. The Morgan fingerprint density at radius 2 is 2.12 bits per heavy atom. The molecular weight excluding hydrogens is 210 g/mol. The van der Waals surface area contributed by atoms with Crippen molar-refractivity contribution >= 4 is 11.8 Å². The van der Waals surface area contributed by atoms with Gasteiger partial charge in [0.15, 0.2) is 0 Å². The van der Waals surface area contributed by atoms with Gasteiger partial charge < -0.3 is 4.90 Å². The molecule has 3 nitrogen and oxygen atoms in total. The second-order valence-corrected chi connectivity index (χ2v) is 4.19. The Morgan fingerprint density at radius 3 is 2.82 bits per heavy atom. The number of aryl methyl sites for hydroxylation is 1. The van der Waals surface area contributed by atoms with E-state index in [1.165, 1.54) is 11.3 Å². The molecule has 0 saturated carbocycles. The first kappa shape index (κ1) is 11.2. The van der Waals surface area contributed by atoms with E-state index in [0.29, 0.717) is 0 Å². The first-order valence-corrected chi connectivity index (χ1v) is 5.60.